The Morgan fingerprint density at radius 3 is 2.50 bits per heavy atom. The number of para-hydroxylation sites is 1. The third-order valence-corrected chi connectivity index (χ3v) is 5.99. The number of aromatic nitrogens is 4. The van der Waals surface area contributed by atoms with E-state index in [2.05, 4.69) is 46.7 Å². The molecule has 0 aliphatic carbocycles. The van der Waals surface area contributed by atoms with Gasteiger partial charge in [-0.05, 0) is 52.7 Å². The standard InChI is InChI=1S/C28H26N4O4/c1-2-3-4-5-8-20-11-13-22(14-12-20)27-19-25(30-34-27)21-15-17-23(18-16-21)28(33)35-36-32-26-10-7-6-9-24(26)29-31-32/h6-7,9-19H,2-5,8H2,1H3. The minimum absolute atomic E-state index is 0.321. The van der Waals surface area contributed by atoms with Crippen LogP contribution in [-0.4, -0.2) is 26.3 Å². The first-order valence-corrected chi connectivity index (χ1v) is 12.1. The van der Waals surface area contributed by atoms with Gasteiger partial charge in [0.25, 0.3) is 0 Å². The summed E-state index contributed by atoms with van der Waals surface area (Å²) in [7, 11) is 0. The molecule has 0 radical (unpaired) electrons. The Bertz CT molecular complexity index is 1440. The Morgan fingerprint density at radius 2 is 1.69 bits per heavy atom. The van der Waals surface area contributed by atoms with Crippen molar-refractivity contribution < 1.29 is 19.2 Å². The fourth-order valence-corrected chi connectivity index (χ4v) is 3.94. The van der Waals surface area contributed by atoms with E-state index in [0.29, 0.717) is 28.1 Å². The molecular weight excluding hydrogens is 456 g/mol. The molecule has 0 aliphatic heterocycles. The Hall–Kier alpha value is -4.46. The maximum Gasteiger partial charge on any atom is 0.388 e. The van der Waals surface area contributed by atoms with Crippen molar-refractivity contribution in [2.75, 3.05) is 0 Å². The molecule has 0 amide bonds. The van der Waals surface area contributed by atoms with Crippen molar-refractivity contribution in [3.8, 4) is 22.6 Å². The summed E-state index contributed by atoms with van der Waals surface area (Å²) in [5.41, 5.74) is 5.34. The van der Waals surface area contributed by atoms with Crippen molar-refractivity contribution in [3.63, 3.8) is 0 Å². The van der Waals surface area contributed by atoms with Crippen molar-refractivity contribution in [1.29, 1.82) is 0 Å². The molecule has 182 valence electrons. The Balaban J connectivity index is 1.19. The molecule has 3 aromatic carbocycles. The average Bonchev–Trinajstić information content (AvgIpc) is 3.58. The first-order valence-electron chi connectivity index (χ1n) is 12.1. The number of carbonyl (C=O) groups is 1. The lowest BCUT2D eigenvalue weighted by molar-refractivity contribution is -0.248. The van der Waals surface area contributed by atoms with E-state index in [9.17, 15) is 4.79 Å². The van der Waals surface area contributed by atoms with Gasteiger partial charge in [0.15, 0.2) is 5.76 Å². The predicted molar refractivity (Wildman–Crippen MR) is 135 cm³/mol. The first-order chi connectivity index (χ1) is 17.7. The van der Waals surface area contributed by atoms with Crippen LogP contribution in [0.2, 0.25) is 0 Å². The number of aryl methyl sites for hydroxylation is 1. The SMILES string of the molecule is CCCCCCc1ccc(-c2cc(-c3ccc(C(=O)OOn4nnc5ccccc54)cc3)no2)cc1. The van der Waals surface area contributed by atoms with E-state index in [0.717, 1.165) is 22.4 Å². The van der Waals surface area contributed by atoms with Crippen molar-refractivity contribution in [1.82, 2.24) is 20.3 Å². The van der Waals surface area contributed by atoms with E-state index in [1.165, 1.54) is 31.2 Å². The largest absolute Gasteiger partial charge is 0.388 e. The normalized spacial score (nSPS) is 11.0. The second kappa shape index (κ2) is 10.9. The summed E-state index contributed by atoms with van der Waals surface area (Å²) in [4.78, 5) is 23.4. The van der Waals surface area contributed by atoms with E-state index < -0.39 is 5.97 Å². The molecule has 0 aliphatic rings. The van der Waals surface area contributed by atoms with Crippen molar-refractivity contribution >= 4 is 17.0 Å². The zero-order chi connectivity index (χ0) is 24.7. The van der Waals surface area contributed by atoms with Crippen LogP contribution in [0.3, 0.4) is 0 Å². The summed E-state index contributed by atoms with van der Waals surface area (Å²) in [5, 5.41) is 12.0. The molecule has 8 heteroatoms. The lowest BCUT2D eigenvalue weighted by atomic mass is 10.0. The summed E-state index contributed by atoms with van der Waals surface area (Å²) in [6.07, 6.45) is 6.11. The molecule has 0 saturated carbocycles. The monoisotopic (exact) mass is 482 g/mol. The van der Waals surface area contributed by atoms with E-state index in [1.54, 1.807) is 36.4 Å². The Kier molecular flexibility index (Phi) is 7.02. The number of rotatable bonds is 10. The van der Waals surface area contributed by atoms with Gasteiger partial charge in [0, 0.05) is 17.2 Å². The van der Waals surface area contributed by atoms with E-state index in [4.69, 9.17) is 14.4 Å². The zero-order valence-corrected chi connectivity index (χ0v) is 20.0. The van der Waals surface area contributed by atoms with Gasteiger partial charge in [-0.2, -0.15) is 4.99 Å². The van der Waals surface area contributed by atoms with Crippen LogP contribution in [0.25, 0.3) is 33.6 Å². The minimum Gasteiger partial charge on any atom is -0.356 e. The van der Waals surface area contributed by atoms with Crippen LogP contribution >= 0.6 is 0 Å². The molecule has 8 nitrogen and oxygen atoms in total. The van der Waals surface area contributed by atoms with Crippen LogP contribution in [0.1, 0.15) is 48.5 Å². The summed E-state index contributed by atoms with van der Waals surface area (Å²) < 4.78 is 5.57. The van der Waals surface area contributed by atoms with Crippen molar-refractivity contribution in [2.24, 2.45) is 0 Å². The lowest BCUT2D eigenvalue weighted by Crippen LogP contribution is -2.18. The van der Waals surface area contributed by atoms with Crippen LogP contribution in [0.5, 0.6) is 0 Å². The summed E-state index contributed by atoms with van der Waals surface area (Å²) in [5.74, 6) is 0.0382. The zero-order valence-electron chi connectivity index (χ0n) is 20.0. The number of fused-ring (bicyclic) bond motifs is 1. The summed E-state index contributed by atoms with van der Waals surface area (Å²) >= 11 is 0. The van der Waals surface area contributed by atoms with Gasteiger partial charge in [0.05, 0.1) is 5.56 Å². The molecule has 0 atom stereocenters. The lowest BCUT2D eigenvalue weighted by Gasteiger charge is -2.03. The predicted octanol–water partition coefficient (Wildman–Crippen LogP) is 6.08. The van der Waals surface area contributed by atoms with Crippen molar-refractivity contribution in [3.05, 3.63) is 90.0 Å². The molecular formula is C28H26N4O4. The van der Waals surface area contributed by atoms with Gasteiger partial charge in [0.2, 0.25) is 0 Å². The second-order valence-corrected chi connectivity index (χ2v) is 8.56. The van der Waals surface area contributed by atoms with E-state index >= 15 is 0 Å². The van der Waals surface area contributed by atoms with Gasteiger partial charge >= 0.3 is 5.97 Å². The second-order valence-electron chi connectivity index (χ2n) is 8.56. The van der Waals surface area contributed by atoms with Gasteiger partial charge in [0.1, 0.15) is 16.7 Å². The molecule has 2 aromatic heterocycles. The molecule has 0 N–H and O–H groups in total. The maximum atomic E-state index is 12.4. The number of hydrogen-bond donors (Lipinski definition) is 0. The van der Waals surface area contributed by atoms with Gasteiger partial charge in [-0.25, -0.2) is 9.68 Å². The molecule has 0 spiro atoms. The molecule has 0 saturated heterocycles. The van der Waals surface area contributed by atoms with E-state index in [1.807, 2.05) is 18.2 Å². The third-order valence-electron chi connectivity index (χ3n) is 5.99. The first kappa shape index (κ1) is 23.3. The third kappa shape index (κ3) is 5.27. The highest BCUT2D eigenvalue weighted by atomic mass is 17.3. The smallest absolute Gasteiger partial charge is 0.356 e. The topological polar surface area (TPSA) is 92.3 Å². The molecule has 2 heterocycles. The molecule has 5 rings (SSSR count). The highest BCUT2D eigenvalue weighted by molar-refractivity contribution is 5.89. The van der Waals surface area contributed by atoms with Gasteiger partial charge in [-0.15, -0.1) is 5.10 Å². The number of unbranched alkanes of at least 4 members (excludes halogenated alkanes) is 3. The van der Waals surface area contributed by atoms with Crippen LogP contribution in [-0.2, 0) is 11.3 Å². The Morgan fingerprint density at radius 1 is 0.917 bits per heavy atom. The number of carbonyl (C=O) groups excluding carboxylic acids is 1. The number of hydrogen-bond acceptors (Lipinski definition) is 7. The molecule has 0 fully saturated rings. The highest BCUT2D eigenvalue weighted by Gasteiger charge is 2.14. The van der Waals surface area contributed by atoms with E-state index in [-0.39, 0.29) is 0 Å². The van der Waals surface area contributed by atoms with Crippen LogP contribution in [0, 0.1) is 0 Å². The van der Waals surface area contributed by atoms with Crippen LogP contribution in [0.15, 0.2) is 83.4 Å². The maximum absolute atomic E-state index is 12.4. The molecule has 0 unspecified atom stereocenters. The summed E-state index contributed by atoms with van der Waals surface area (Å²) in [6.45, 7) is 2.22. The molecule has 36 heavy (non-hydrogen) atoms. The highest BCUT2D eigenvalue weighted by Crippen LogP contribution is 2.27. The van der Waals surface area contributed by atoms with Crippen LogP contribution < -0.4 is 4.99 Å². The number of nitrogens with zero attached hydrogens (tertiary/aromatic N) is 4. The minimum atomic E-state index is -0.656. The van der Waals surface area contributed by atoms with Gasteiger partial charge < -0.3 is 4.52 Å². The molecule has 5 aromatic rings. The average molecular weight is 483 g/mol. The fourth-order valence-electron chi connectivity index (χ4n) is 3.94. The fraction of sp³-hybridized carbons (Fsp3) is 0.214. The summed E-state index contributed by atoms with van der Waals surface area (Å²) in [6, 6.07) is 24.3. The quantitative estimate of drug-likeness (QED) is 0.135. The van der Waals surface area contributed by atoms with Gasteiger partial charge in [-0.1, -0.05) is 79.9 Å². The molecule has 0 bridgehead atoms. The van der Waals surface area contributed by atoms with Gasteiger partial charge in [-0.3, -0.25) is 0 Å². The number of benzene rings is 3. The van der Waals surface area contributed by atoms with Crippen molar-refractivity contribution in [2.45, 2.75) is 39.0 Å². The Labute approximate surface area is 208 Å². The van der Waals surface area contributed by atoms with Crippen LogP contribution in [0.4, 0.5) is 0 Å².